The van der Waals surface area contributed by atoms with Gasteiger partial charge >= 0.3 is 0 Å². The highest BCUT2D eigenvalue weighted by Gasteiger charge is 2.77. The van der Waals surface area contributed by atoms with E-state index in [0.717, 1.165) is 5.76 Å². The summed E-state index contributed by atoms with van der Waals surface area (Å²) < 4.78 is 12.7. The molecule has 1 spiro atoms. The number of rotatable bonds is 0. The van der Waals surface area contributed by atoms with Crippen molar-refractivity contribution in [3.63, 3.8) is 0 Å². The van der Waals surface area contributed by atoms with Gasteiger partial charge < -0.3 is 14.8 Å². The first-order valence-corrected chi connectivity index (χ1v) is 7.86. The van der Waals surface area contributed by atoms with Crippen LogP contribution in [0.15, 0.2) is 46.9 Å². The second-order valence-electron chi connectivity index (χ2n) is 7.49. The molecule has 21 heavy (non-hydrogen) atoms. The van der Waals surface area contributed by atoms with E-state index >= 15 is 0 Å². The predicted octanol–water partition coefficient (Wildman–Crippen LogP) is 2.82. The van der Waals surface area contributed by atoms with E-state index in [1.165, 1.54) is 16.7 Å². The van der Waals surface area contributed by atoms with E-state index in [4.69, 9.17) is 9.47 Å². The number of allylic oxidation sites excluding steroid dienone is 1. The number of nitrogens with one attached hydrogen (secondary N) is 1. The van der Waals surface area contributed by atoms with Crippen molar-refractivity contribution in [1.29, 1.82) is 0 Å². The van der Waals surface area contributed by atoms with E-state index in [1.54, 1.807) is 0 Å². The van der Waals surface area contributed by atoms with Crippen molar-refractivity contribution in [2.24, 2.45) is 11.8 Å². The van der Waals surface area contributed by atoms with Crippen molar-refractivity contribution < 1.29 is 9.47 Å². The molecule has 2 aliphatic carbocycles. The zero-order valence-corrected chi connectivity index (χ0v) is 12.9. The first-order valence-electron chi connectivity index (χ1n) is 7.86. The molecule has 5 rings (SSSR count). The fourth-order valence-electron chi connectivity index (χ4n) is 4.86. The summed E-state index contributed by atoms with van der Waals surface area (Å²) in [6.45, 7) is 8.65. The van der Waals surface area contributed by atoms with Gasteiger partial charge in [0.25, 0.3) is 0 Å². The summed E-state index contributed by atoms with van der Waals surface area (Å²) in [4.78, 5) is 0. The molecule has 1 fully saturated rings. The molecule has 3 heterocycles. The molecular weight excluding hydrogens is 262 g/mol. The lowest BCUT2D eigenvalue weighted by molar-refractivity contribution is -0.0603. The van der Waals surface area contributed by atoms with E-state index in [2.05, 4.69) is 57.4 Å². The highest BCUT2D eigenvalue weighted by Crippen LogP contribution is 2.67. The first kappa shape index (κ1) is 12.1. The van der Waals surface area contributed by atoms with Crippen LogP contribution in [-0.4, -0.2) is 23.3 Å². The first-order chi connectivity index (χ1) is 9.95. The van der Waals surface area contributed by atoms with Gasteiger partial charge in [0, 0.05) is 11.5 Å². The Kier molecular flexibility index (Phi) is 1.90. The molecule has 3 aliphatic heterocycles. The Labute approximate surface area is 125 Å². The normalized spacial score (nSPS) is 47.4. The van der Waals surface area contributed by atoms with Crippen molar-refractivity contribution >= 4 is 0 Å². The Balaban J connectivity index is 1.73. The highest BCUT2D eigenvalue weighted by molar-refractivity contribution is 5.59. The zero-order valence-electron chi connectivity index (χ0n) is 12.9. The van der Waals surface area contributed by atoms with Crippen LogP contribution < -0.4 is 5.32 Å². The second kappa shape index (κ2) is 3.30. The van der Waals surface area contributed by atoms with Crippen LogP contribution >= 0.6 is 0 Å². The molecule has 3 nitrogen and oxygen atoms in total. The third-order valence-electron chi connectivity index (χ3n) is 5.81. The summed E-state index contributed by atoms with van der Waals surface area (Å²) in [5.74, 6) is 1.89. The van der Waals surface area contributed by atoms with Gasteiger partial charge in [-0.05, 0) is 45.5 Å². The van der Waals surface area contributed by atoms with Crippen LogP contribution in [0.4, 0.5) is 0 Å². The Morgan fingerprint density at radius 3 is 2.86 bits per heavy atom. The number of hydrogen-bond donors (Lipinski definition) is 1. The summed E-state index contributed by atoms with van der Waals surface area (Å²) in [5.41, 5.74) is 3.69. The molecule has 0 aromatic heterocycles. The largest absolute Gasteiger partial charge is 0.484 e. The SMILES string of the molecule is CC1=CC2C3OC(C)(C)C4=C(C5NC=CC5C(C)=C4)[C@]23O1. The van der Waals surface area contributed by atoms with Crippen LogP contribution in [0.3, 0.4) is 0 Å². The average Bonchev–Trinajstić information content (AvgIpc) is 2.83. The minimum Gasteiger partial charge on any atom is -0.484 e. The Morgan fingerprint density at radius 2 is 2.05 bits per heavy atom. The summed E-state index contributed by atoms with van der Waals surface area (Å²) in [5, 5.41) is 3.57. The summed E-state index contributed by atoms with van der Waals surface area (Å²) in [6.07, 6.45) is 9.15. The second-order valence-corrected chi connectivity index (χ2v) is 7.49. The minimum atomic E-state index is -0.239. The summed E-state index contributed by atoms with van der Waals surface area (Å²) in [7, 11) is 0. The van der Waals surface area contributed by atoms with Crippen molar-refractivity contribution in [3.8, 4) is 0 Å². The molecule has 5 atom stereocenters. The van der Waals surface area contributed by atoms with Crippen molar-refractivity contribution in [2.75, 3.05) is 0 Å². The predicted molar refractivity (Wildman–Crippen MR) is 80.4 cm³/mol. The molecule has 0 saturated heterocycles. The Hall–Kier alpha value is -1.48. The van der Waals surface area contributed by atoms with E-state index in [-0.39, 0.29) is 17.3 Å². The molecular formula is C18H21NO2. The molecule has 0 aromatic rings. The smallest absolute Gasteiger partial charge is 0.168 e. The maximum atomic E-state index is 6.40. The molecule has 1 N–H and O–H groups in total. The van der Waals surface area contributed by atoms with Crippen molar-refractivity contribution in [3.05, 3.63) is 46.9 Å². The monoisotopic (exact) mass is 283 g/mol. The van der Waals surface area contributed by atoms with E-state index in [1.807, 2.05) is 0 Å². The van der Waals surface area contributed by atoms with Crippen LogP contribution in [0.1, 0.15) is 27.7 Å². The maximum absolute atomic E-state index is 6.40. The van der Waals surface area contributed by atoms with Crippen LogP contribution in [0.5, 0.6) is 0 Å². The van der Waals surface area contributed by atoms with Crippen LogP contribution in [-0.2, 0) is 9.47 Å². The lowest BCUT2D eigenvalue weighted by Gasteiger charge is -2.43. The number of ether oxygens (including phenoxy) is 2. The third kappa shape index (κ3) is 1.21. The number of hydrogen-bond acceptors (Lipinski definition) is 3. The standard InChI is InChI=1S/C18H21NO2/c1-9-7-12-14(15-11(9)5-6-19-15)18-13(8-10(2)20-18)16(18)21-17(12,3)4/h5-8,11,13,15-16,19H,1-4H3/t11?,13?,15?,16?,18-/m1/s1. The quantitative estimate of drug-likeness (QED) is 0.741. The van der Waals surface area contributed by atoms with E-state index in [9.17, 15) is 0 Å². The van der Waals surface area contributed by atoms with Crippen molar-refractivity contribution in [2.45, 2.75) is 51.0 Å². The van der Waals surface area contributed by atoms with Gasteiger partial charge in [0.2, 0.25) is 0 Å². The van der Waals surface area contributed by atoms with Gasteiger partial charge in [-0.3, -0.25) is 0 Å². The van der Waals surface area contributed by atoms with E-state index < -0.39 is 0 Å². The van der Waals surface area contributed by atoms with Crippen LogP contribution in [0.2, 0.25) is 0 Å². The van der Waals surface area contributed by atoms with Gasteiger partial charge in [-0.1, -0.05) is 17.7 Å². The number of fused-ring (bicyclic) bond motifs is 3. The molecule has 1 saturated carbocycles. The van der Waals surface area contributed by atoms with E-state index in [0.29, 0.717) is 17.9 Å². The van der Waals surface area contributed by atoms with Gasteiger partial charge in [-0.2, -0.15) is 0 Å². The molecule has 3 heteroatoms. The topological polar surface area (TPSA) is 30.5 Å². The lowest BCUT2D eigenvalue weighted by atomic mass is 9.73. The fraction of sp³-hybridized carbons (Fsp3) is 0.556. The molecule has 0 radical (unpaired) electrons. The Morgan fingerprint density at radius 1 is 1.24 bits per heavy atom. The fourth-order valence-corrected chi connectivity index (χ4v) is 4.86. The average molecular weight is 283 g/mol. The zero-order chi connectivity index (χ0) is 14.6. The van der Waals surface area contributed by atoms with Gasteiger partial charge in [0.15, 0.2) is 5.60 Å². The molecule has 110 valence electrons. The molecule has 0 amide bonds. The van der Waals surface area contributed by atoms with Crippen molar-refractivity contribution in [1.82, 2.24) is 5.32 Å². The maximum Gasteiger partial charge on any atom is 0.168 e. The van der Waals surface area contributed by atoms with Gasteiger partial charge in [0.1, 0.15) is 6.10 Å². The molecule has 4 unspecified atom stereocenters. The molecule has 0 bridgehead atoms. The van der Waals surface area contributed by atoms with Gasteiger partial charge in [-0.15, -0.1) is 0 Å². The molecule has 0 aromatic carbocycles. The third-order valence-corrected chi connectivity index (χ3v) is 5.81. The Bertz CT molecular complexity index is 681. The molecule has 5 aliphatic rings. The minimum absolute atomic E-state index is 0.185. The van der Waals surface area contributed by atoms with Gasteiger partial charge in [-0.25, -0.2) is 0 Å². The van der Waals surface area contributed by atoms with Gasteiger partial charge in [0.05, 0.1) is 23.3 Å². The highest BCUT2D eigenvalue weighted by atomic mass is 16.6. The summed E-state index contributed by atoms with van der Waals surface area (Å²) >= 11 is 0. The lowest BCUT2D eigenvalue weighted by Crippen LogP contribution is -2.48. The summed E-state index contributed by atoms with van der Waals surface area (Å²) in [6, 6.07) is 0.333. The van der Waals surface area contributed by atoms with Crippen LogP contribution in [0, 0.1) is 11.8 Å². The van der Waals surface area contributed by atoms with Crippen LogP contribution in [0.25, 0.3) is 0 Å².